The van der Waals surface area contributed by atoms with Crippen LogP contribution in [0.3, 0.4) is 0 Å². The maximum absolute atomic E-state index is 13.0. The lowest BCUT2D eigenvalue weighted by atomic mass is 10.0. The minimum Gasteiger partial charge on any atom is -0.465 e. The highest BCUT2D eigenvalue weighted by Gasteiger charge is 2.30. The van der Waals surface area contributed by atoms with E-state index in [2.05, 4.69) is 31.6 Å². The van der Waals surface area contributed by atoms with Crippen LogP contribution in [0.15, 0.2) is 16.8 Å². The molecule has 3 heterocycles. The van der Waals surface area contributed by atoms with Crippen molar-refractivity contribution >= 4 is 23.1 Å². The summed E-state index contributed by atoms with van der Waals surface area (Å²) in [7, 11) is 1.36. The number of ketones is 1. The second kappa shape index (κ2) is 8.37. The average molecular weight is 390 g/mol. The molecule has 0 radical (unpaired) electrons. The Morgan fingerprint density at radius 3 is 2.56 bits per heavy atom. The number of piperazine rings is 1. The molecule has 1 aliphatic rings. The van der Waals surface area contributed by atoms with E-state index < -0.39 is 5.97 Å². The van der Waals surface area contributed by atoms with Gasteiger partial charge in [-0.1, -0.05) is 0 Å². The molecule has 146 valence electrons. The number of ether oxygens (including phenoxy) is 1. The van der Waals surface area contributed by atoms with Crippen LogP contribution in [0.2, 0.25) is 0 Å². The summed E-state index contributed by atoms with van der Waals surface area (Å²) in [6.45, 7) is 10.1. The fraction of sp³-hybridized carbons (Fsp3) is 0.500. The van der Waals surface area contributed by atoms with Crippen LogP contribution < -0.4 is 0 Å². The fourth-order valence-electron chi connectivity index (χ4n) is 3.73. The first kappa shape index (κ1) is 19.8. The number of nitrogens with zero attached hydrogens (tertiary/aromatic N) is 2. The van der Waals surface area contributed by atoms with Crippen molar-refractivity contribution in [3.05, 3.63) is 44.9 Å². The Labute approximate surface area is 164 Å². The molecular weight excluding hydrogens is 362 g/mol. The van der Waals surface area contributed by atoms with E-state index in [-0.39, 0.29) is 11.8 Å². The zero-order valence-corrected chi connectivity index (χ0v) is 17.2. The van der Waals surface area contributed by atoms with E-state index in [1.165, 1.54) is 12.7 Å². The Morgan fingerprint density at radius 2 is 1.96 bits per heavy atom. The Balaban J connectivity index is 1.64. The molecule has 0 saturated carbocycles. The predicted molar refractivity (Wildman–Crippen MR) is 107 cm³/mol. The van der Waals surface area contributed by atoms with E-state index in [0.29, 0.717) is 22.5 Å². The standard InChI is InChI=1S/C20H27N3O3S/c1-13-17(20(25)26-4)14(2)21-18(13)19(24)15(3)23-8-6-22(7-9-23)11-16-5-10-27-12-16/h5,10,12,15,21H,6-9,11H2,1-4H3/t15-/m1/s1. The molecule has 1 N–H and O–H groups in total. The molecule has 3 rings (SSSR count). The van der Waals surface area contributed by atoms with E-state index >= 15 is 0 Å². The third kappa shape index (κ3) is 4.15. The Hall–Kier alpha value is -1.96. The van der Waals surface area contributed by atoms with Gasteiger partial charge in [0.25, 0.3) is 0 Å². The fourth-order valence-corrected chi connectivity index (χ4v) is 4.39. The average Bonchev–Trinajstić information content (AvgIpc) is 3.28. The molecule has 7 heteroatoms. The molecule has 1 atom stereocenters. The lowest BCUT2D eigenvalue weighted by Gasteiger charge is -2.37. The van der Waals surface area contributed by atoms with Gasteiger partial charge >= 0.3 is 5.97 Å². The van der Waals surface area contributed by atoms with Gasteiger partial charge in [-0.2, -0.15) is 11.3 Å². The molecule has 2 aromatic rings. The van der Waals surface area contributed by atoms with Gasteiger partial charge in [0.1, 0.15) is 0 Å². The summed E-state index contributed by atoms with van der Waals surface area (Å²) in [6, 6.07) is 1.94. The molecule has 0 aliphatic carbocycles. The third-order valence-electron chi connectivity index (χ3n) is 5.39. The molecule has 0 aromatic carbocycles. The van der Waals surface area contributed by atoms with Crippen molar-refractivity contribution in [1.29, 1.82) is 0 Å². The predicted octanol–water partition coefficient (Wildman–Crippen LogP) is 2.87. The molecule has 0 bridgehead atoms. The smallest absolute Gasteiger partial charge is 0.339 e. The number of rotatable bonds is 6. The minimum absolute atomic E-state index is 0.0250. The number of hydrogen-bond acceptors (Lipinski definition) is 6. The van der Waals surface area contributed by atoms with Crippen molar-refractivity contribution < 1.29 is 14.3 Å². The lowest BCUT2D eigenvalue weighted by molar-refractivity contribution is 0.0599. The van der Waals surface area contributed by atoms with Gasteiger partial charge in [-0.05, 0) is 48.7 Å². The van der Waals surface area contributed by atoms with Crippen molar-refractivity contribution in [2.24, 2.45) is 0 Å². The van der Waals surface area contributed by atoms with Crippen molar-refractivity contribution in [2.75, 3.05) is 33.3 Å². The normalized spacial score (nSPS) is 17.0. The summed E-state index contributed by atoms with van der Waals surface area (Å²) in [5.41, 5.74) is 3.68. The Kier molecular flexibility index (Phi) is 6.14. The third-order valence-corrected chi connectivity index (χ3v) is 6.13. The van der Waals surface area contributed by atoms with Gasteiger partial charge in [-0.15, -0.1) is 0 Å². The minimum atomic E-state index is -0.407. The van der Waals surface area contributed by atoms with E-state index in [1.54, 1.807) is 25.2 Å². The molecule has 6 nitrogen and oxygen atoms in total. The summed E-state index contributed by atoms with van der Waals surface area (Å²) in [5.74, 6) is -0.382. The zero-order chi connectivity index (χ0) is 19.6. The van der Waals surface area contributed by atoms with Gasteiger partial charge in [0.05, 0.1) is 24.4 Å². The first-order valence-corrected chi connectivity index (χ1v) is 10.2. The molecule has 27 heavy (non-hydrogen) atoms. The first-order chi connectivity index (χ1) is 12.9. The number of thiophene rings is 1. The maximum Gasteiger partial charge on any atom is 0.339 e. The first-order valence-electron chi connectivity index (χ1n) is 9.21. The van der Waals surface area contributed by atoms with Crippen molar-refractivity contribution in [2.45, 2.75) is 33.4 Å². The highest BCUT2D eigenvalue weighted by atomic mass is 32.1. The summed E-state index contributed by atoms with van der Waals surface area (Å²) in [5, 5.41) is 4.29. The van der Waals surface area contributed by atoms with Crippen LogP contribution >= 0.6 is 11.3 Å². The molecule has 0 unspecified atom stereocenters. The number of aromatic amines is 1. The van der Waals surface area contributed by atoms with Gasteiger partial charge in [0.2, 0.25) is 0 Å². The van der Waals surface area contributed by atoms with E-state index in [9.17, 15) is 9.59 Å². The van der Waals surface area contributed by atoms with E-state index in [1.807, 2.05) is 6.92 Å². The van der Waals surface area contributed by atoms with E-state index in [0.717, 1.165) is 32.7 Å². The van der Waals surface area contributed by atoms with Crippen LogP contribution in [-0.4, -0.2) is 65.9 Å². The number of hydrogen-bond donors (Lipinski definition) is 1. The van der Waals surface area contributed by atoms with Crippen LogP contribution in [0, 0.1) is 13.8 Å². The number of carbonyl (C=O) groups excluding carboxylic acids is 2. The van der Waals surface area contributed by atoms with Gasteiger partial charge < -0.3 is 9.72 Å². The Bertz CT molecular complexity index is 805. The van der Waals surface area contributed by atoms with E-state index in [4.69, 9.17) is 4.74 Å². The second-order valence-electron chi connectivity index (χ2n) is 7.10. The molecule has 0 amide bonds. The summed E-state index contributed by atoms with van der Waals surface area (Å²) in [6.07, 6.45) is 0. The number of H-pyrrole nitrogens is 1. The highest BCUT2D eigenvalue weighted by molar-refractivity contribution is 7.07. The van der Waals surface area contributed by atoms with Crippen molar-refractivity contribution in [3.8, 4) is 0 Å². The van der Waals surface area contributed by atoms with Crippen molar-refractivity contribution in [3.63, 3.8) is 0 Å². The van der Waals surface area contributed by atoms with Crippen molar-refractivity contribution in [1.82, 2.24) is 14.8 Å². The largest absolute Gasteiger partial charge is 0.465 e. The zero-order valence-electron chi connectivity index (χ0n) is 16.4. The lowest BCUT2D eigenvalue weighted by Crippen LogP contribution is -2.51. The molecule has 0 spiro atoms. The van der Waals surface area contributed by atoms with Gasteiger partial charge in [-0.3, -0.25) is 14.6 Å². The molecule has 1 fully saturated rings. The number of carbonyl (C=O) groups is 2. The maximum atomic E-state index is 13.0. The van der Waals surface area contributed by atoms with Crippen LogP contribution in [0.25, 0.3) is 0 Å². The number of methoxy groups -OCH3 is 1. The number of aryl methyl sites for hydroxylation is 1. The molecule has 2 aromatic heterocycles. The number of Topliss-reactive ketones (excluding diaryl/α,β-unsaturated/α-hetero) is 1. The number of aromatic nitrogens is 1. The second-order valence-corrected chi connectivity index (χ2v) is 7.88. The number of nitrogens with one attached hydrogen (secondary N) is 1. The number of esters is 1. The quantitative estimate of drug-likeness (QED) is 0.608. The van der Waals surface area contributed by atoms with Gasteiger partial charge in [-0.25, -0.2) is 4.79 Å². The summed E-state index contributed by atoms with van der Waals surface area (Å²) < 4.78 is 4.84. The monoisotopic (exact) mass is 389 g/mol. The summed E-state index contributed by atoms with van der Waals surface area (Å²) >= 11 is 1.73. The summed E-state index contributed by atoms with van der Waals surface area (Å²) in [4.78, 5) is 32.8. The topological polar surface area (TPSA) is 65.6 Å². The van der Waals surface area contributed by atoms with Crippen LogP contribution in [-0.2, 0) is 11.3 Å². The molecule has 1 saturated heterocycles. The van der Waals surface area contributed by atoms with Gasteiger partial charge in [0.15, 0.2) is 5.78 Å². The highest BCUT2D eigenvalue weighted by Crippen LogP contribution is 2.22. The van der Waals surface area contributed by atoms with Crippen LogP contribution in [0.1, 0.15) is 44.6 Å². The molecule has 1 aliphatic heterocycles. The SMILES string of the molecule is COC(=O)c1c(C)[nH]c(C(=O)[C@@H](C)N2CCN(Cc3ccsc3)CC2)c1C. The van der Waals surface area contributed by atoms with Gasteiger partial charge in [0, 0.05) is 38.4 Å². The molecular formula is C20H27N3O3S. The Morgan fingerprint density at radius 1 is 1.26 bits per heavy atom. The van der Waals surface area contributed by atoms with Crippen LogP contribution in [0.4, 0.5) is 0 Å². The van der Waals surface area contributed by atoms with Crippen LogP contribution in [0.5, 0.6) is 0 Å².